The van der Waals surface area contributed by atoms with Crippen molar-refractivity contribution in [1.82, 2.24) is 5.32 Å². The van der Waals surface area contributed by atoms with Gasteiger partial charge in [0.25, 0.3) is 0 Å². The fraction of sp³-hybridized carbons (Fsp3) is 0.375. The van der Waals surface area contributed by atoms with Crippen molar-refractivity contribution in [3.8, 4) is 0 Å². The number of rotatable bonds is 7. The highest BCUT2D eigenvalue weighted by molar-refractivity contribution is 7.09. The van der Waals surface area contributed by atoms with Crippen LogP contribution in [0.5, 0.6) is 0 Å². The second-order valence-electron chi connectivity index (χ2n) is 4.64. The third-order valence-electron chi connectivity index (χ3n) is 3.20. The average Bonchev–Trinajstić information content (AvgIpc) is 2.91. The Labute approximate surface area is 124 Å². The van der Waals surface area contributed by atoms with E-state index >= 15 is 0 Å². The lowest BCUT2D eigenvalue weighted by Crippen LogP contribution is -2.21. The zero-order valence-electron chi connectivity index (χ0n) is 11.2. The molecule has 19 heavy (non-hydrogen) atoms. The molecule has 1 aromatic heterocycles. The number of hydrogen-bond acceptors (Lipinski definition) is 2. The van der Waals surface area contributed by atoms with Gasteiger partial charge >= 0.3 is 0 Å². The number of hydrogen-bond donors (Lipinski definition) is 1. The first-order valence-corrected chi connectivity index (χ1v) is 8.06. The Bertz CT molecular complexity index is 481. The van der Waals surface area contributed by atoms with Gasteiger partial charge in [-0.25, -0.2) is 0 Å². The summed E-state index contributed by atoms with van der Waals surface area (Å²) in [5, 5.41) is 6.52. The highest BCUT2D eigenvalue weighted by atomic mass is 35.5. The molecule has 0 saturated carbocycles. The van der Waals surface area contributed by atoms with E-state index in [9.17, 15) is 0 Å². The molecule has 1 aromatic carbocycles. The van der Waals surface area contributed by atoms with E-state index < -0.39 is 0 Å². The van der Waals surface area contributed by atoms with E-state index in [-0.39, 0.29) is 0 Å². The van der Waals surface area contributed by atoms with Crippen molar-refractivity contribution in [1.29, 1.82) is 0 Å². The molecule has 102 valence electrons. The second kappa shape index (κ2) is 7.68. The molecule has 1 unspecified atom stereocenters. The number of benzene rings is 1. The third kappa shape index (κ3) is 4.64. The molecule has 1 heterocycles. The maximum atomic E-state index is 6.08. The molecule has 0 bridgehead atoms. The van der Waals surface area contributed by atoms with Crippen molar-refractivity contribution in [3.05, 3.63) is 57.2 Å². The molecule has 0 saturated heterocycles. The van der Waals surface area contributed by atoms with Crippen molar-refractivity contribution >= 4 is 22.9 Å². The highest BCUT2D eigenvalue weighted by Gasteiger charge is 2.10. The van der Waals surface area contributed by atoms with Crippen LogP contribution in [0.1, 0.15) is 36.2 Å². The van der Waals surface area contributed by atoms with E-state index in [0.29, 0.717) is 6.04 Å². The fourth-order valence-electron chi connectivity index (χ4n) is 2.29. The second-order valence-corrected chi connectivity index (χ2v) is 6.11. The van der Waals surface area contributed by atoms with Crippen molar-refractivity contribution in [3.63, 3.8) is 0 Å². The first-order chi connectivity index (χ1) is 9.29. The fourth-order valence-corrected chi connectivity index (χ4v) is 3.24. The van der Waals surface area contributed by atoms with Gasteiger partial charge in [-0.2, -0.15) is 0 Å². The molecule has 2 rings (SSSR count). The molecule has 3 heteroatoms. The Hall–Kier alpha value is -0.830. The Morgan fingerprint density at radius 1 is 1.26 bits per heavy atom. The van der Waals surface area contributed by atoms with Crippen LogP contribution in [-0.2, 0) is 6.42 Å². The van der Waals surface area contributed by atoms with E-state index in [0.717, 1.165) is 18.0 Å². The SMILES string of the molecule is CCNC(CCCc1cccs1)c1cccc(Cl)c1. The molecule has 1 atom stereocenters. The zero-order valence-corrected chi connectivity index (χ0v) is 12.8. The maximum Gasteiger partial charge on any atom is 0.0409 e. The lowest BCUT2D eigenvalue weighted by atomic mass is 10.0. The Kier molecular flexibility index (Phi) is 5.90. The largest absolute Gasteiger partial charge is 0.310 e. The summed E-state index contributed by atoms with van der Waals surface area (Å²) in [6.07, 6.45) is 3.51. The van der Waals surface area contributed by atoms with Gasteiger partial charge in [0, 0.05) is 15.9 Å². The standard InChI is InChI=1S/C16H20ClNS/c1-2-18-16(13-6-3-7-14(17)12-13)10-4-8-15-9-5-11-19-15/h3,5-7,9,11-12,16,18H,2,4,8,10H2,1H3. The van der Waals surface area contributed by atoms with E-state index in [1.54, 1.807) is 0 Å². The van der Waals surface area contributed by atoms with Crippen LogP contribution in [0.3, 0.4) is 0 Å². The highest BCUT2D eigenvalue weighted by Crippen LogP contribution is 2.23. The third-order valence-corrected chi connectivity index (χ3v) is 4.37. The zero-order chi connectivity index (χ0) is 13.5. The molecule has 0 spiro atoms. The topological polar surface area (TPSA) is 12.0 Å². The lowest BCUT2D eigenvalue weighted by Gasteiger charge is -2.18. The van der Waals surface area contributed by atoms with Crippen molar-refractivity contribution < 1.29 is 0 Å². The molecular formula is C16H20ClNS. The molecule has 1 N–H and O–H groups in total. The molecule has 0 radical (unpaired) electrons. The predicted octanol–water partition coefficient (Wildman–Crippen LogP) is 5.08. The minimum atomic E-state index is 0.406. The monoisotopic (exact) mass is 293 g/mol. The number of aryl methyl sites for hydroxylation is 1. The lowest BCUT2D eigenvalue weighted by molar-refractivity contribution is 0.499. The van der Waals surface area contributed by atoms with Gasteiger partial charge in [-0.1, -0.05) is 36.7 Å². The van der Waals surface area contributed by atoms with Gasteiger partial charge in [0.2, 0.25) is 0 Å². The number of thiophene rings is 1. The van der Waals surface area contributed by atoms with E-state index in [4.69, 9.17) is 11.6 Å². The molecule has 2 aromatic rings. The summed E-state index contributed by atoms with van der Waals surface area (Å²) in [5.41, 5.74) is 1.29. The quantitative estimate of drug-likeness (QED) is 0.751. The van der Waals surface area contributed by atoms with Crippen LogP contribution in [0.2, 0.25) is 5.02 Å². The summed E-state index contributed by atoms with van der Waals surface area (Å²) < 4.78 is 0. The van der Waals surface area contributed by atoms with E-state index in [1.165, 1.54) is 23.3 Å². The molecule has 0 fully saturated rings. The summed E-state index contributed by atoms with van der Waals surface area (Å²) in [6, 6.07) is 12.9. The van der Waals surface area contributed by atoms with Crippen LogP contribution in [-0.4, -0.2) is 6.54 Å². The van der Waals surface area contributed by atoms with Crippen LogP contribution < -0.4 is 5.32 Å². The van der Waals surface area contributed by atoms with Crippen molar-refractivity contribution in [2.45, 2.75) is 32.2 Å². The van der Waals surface area contributed by atoms with Crippen LogP contribution in [0.25, 0.3) is 0 Å². The van der Waals surface area contributed by atoms with Crippen molar-refractivity contribution in [2.24, 2.45) is 0 Å². The predicted molar refractivity (Wildman–Crippen MR) is 85.1 cm³/mol. The normalized spacial score (nSPS) is 12.5. The van der Waals surface area contributed by atoms with Gasteiger partial charge in [-0.05, 0) is 54.9 Å². The van der Waals surface area contributed by atoms with E-state index in [1.807, 2.05) is 23.5 Å². The number of nitrogens with one attached hydrogen (secondary N) is 1. The smallest absolute Gasteiger partial charge is 0.0409 e. The molecule has 1 nitrogen and oxygen atoms in total. The summed E-state index contributed by atoms with van der Waals surface area (Å²) in [5.74, 6) is 0. The van der Waals surface area contributed by atoms with Gasteiger partial charge in [-0.15, -0.1) is 11.3 Å². The Morgan fingerprint density at radius 3 is 2.84 bits per heavy atom. The maximum absolute atomic E-state index is 6.08. The van der Waals surface area contributed by atoms with E-state index in [2.05, 4.69) is 41.9 Å². The van der Waals surface area contributed by atoms with Crippen LogP contribution in [0.4, 0.5) is 0 Å². The van der Waals surface area contributed by atoms with Crippen LogP contribution in [0, 0.1) is 0 Å². The van der Waals surface area contributed by atoms with Gasteiger partial charge in [0.1, 0.15) is 0 Å². The molecular weight excluding hydrogens is 274 g/mol. The van der Waals surface area contributed by atoms with Crippen LogP contribution in [0.15, 0.2) is 41.8 Å². The molecule has 0 aliphatic heterocycles. The van der Waals surface area contributed by atoms with Gasteiger partial charge in [0.05, 0.1) is 0 Å². The summed E-state index contributed by atoms with van der Waals surface area (Å²) in [4.78, 5) is 1.47. The Morgan fingerprint density at radius 2 is 2.16 bits per heavy atom. The minimum absolute atomic E-state index is 0.406. The number of halogens is 1. The molecule has 0 amide bonds. The van der Waals surface area contributed by atoms with Gasteiger partial charge in [-0.3, -0.25) is 0 Å². The average molecular weight is 294 g/mol. The Balaban J connectivity index is 1.92. The minimum Gasteiger partial charge on any atom is -0.310 e. The van der Waals surface area contributed by atoms with Gasteiger partial charge < -0.3 is 5.32 Å². The summed E-state index contributed by atoms with van der Waals surface area (Å²) in [6.45, 7) is 3.13. The van der Waals surface area contributed by atoms with Crippen molar-refractivity contribution in [2.75, 3.05) is 6.54 Å². The summed E-state index contributed by atoms with van der Waals surface area (Å²) >= 11 is 7.92. The first kappa shape index (κ1) is 14.6. The van der Waals surface area contributed by atoms with Crippen LogP contribution >= 0.6 is 22.9 Å². The summed E-state index contributed by atoms with van der Waals surface area (Å²) in [7, 11) is 0. The molecule has 0 aliphatic rings. The van der Waals surface area contributed by atoms with Gasteiger partial charge in [0.15, 0.2) is 0 Å². The first-order valence-electron chi connectivity index (χ1n) is 6.81. The molecule has 0 aliphatic carbocycles.